The minimum atomic E-state index is -0.0888. The van der Waals surface area contributed by atoms with Crippen LogP contribution in [0.15, 0.2) is 40.3 Å². The third-order valence-electron chi connectivity index (χ3n) is 2.98. The number of H-pyrrole nitrogens is 1. The molecule has 1 heterocycles. The van der Waals surface area contributed by atoms with E-state index in [2.05, 4.69) is 16.9 Å². The van der Waals surface area contributed by atoms with E-state index in [-0.39, 0.29) is 5.56 Å². The third kappa shape index (κ3) is 6.71. The van der Waals surface area contributed by atoms with Crippen molar-refractivity contribution in [1.29, 1.82) is 0 Å². The molecule has 2 aromatic rings. The van der Waals surface area contributed by atoms with E-state index in [0.29, 0.717) is 11.8 Å². The quantitative estimate of drug-likeness (QED) is 0.422. The van der Waals surface area contributed by atoms with Crippen molar-refractivity contribution in [2.24, 2.45) is 0 Å². The van der Waals surface area contributed by atoms with Gasteiger partial charge in [0.15, 0.2) is 5.16 Å². The van der Waals surface area contributed by atoms with Crippen molar-refractivity contribution in [3.8, 4) is 5.75 Å². The topological polar surface area (TPSA) is 55.0 Å². The smallest absolute Gasteiger partial charge is 0.251 e. The van der Waals surface area contributed by atoms with Crippen molar-refractivity contribution in [2.45, 2.75) is 31.2 Å². The fourth-order valence-corrected chi connectivity index (χ4v) is 3.38. The molecule has 1 N–H and O–H groups in total. The molecule has 0 aliphatic rings. The Morgan fingerprint density at radius 3 is 2.74 bits per heavy atom. The van der Waals surface area contributed by atoms with Gasteiger partial charge in [-0.3, -0.25) is 4.79 Å². The van der Waals surface area contributed by atoms with Gasteiger partial charge in [-0.1, -0.05) is 36.4 Å². The van der Waals surface area contributed by atoms with E-state index < -0.39 is 0 Å². The van der Waals surface area contributed by atoms with Gasteiger partial charge >= 0.3 is 0 Å². The Morgan fingerprint density at radius 1 is 1.22 bits per heavy atom. The minimum Gasteiger partial charge on any atom is -0.493 e. The van der Waals surface area contributed by atoms with Gasteiger partial charge in [0.05, 0.1) is 12.3 Å². The lowest BCUT2D eigenvalue weighted by Gasteiger charge is -2.07. The predicted octanol–water partition coefficient (Wildman–Crippen LogP) is 3.89. The van der Waals surface area contributed by atoms with Crippen molar-refractivity contribution in [2.75, 3.05) is 18.1 Å². The highest BCUT2D eigenvalue weighted by atomic mass is 32.2. The number of rotatable bonds is 9. The normalized spacial score (nSPS) is 10.7. The van der Waals surface area contributed by atoms with Gasteiger partial charge in [-0.2, -0.15) is 11.8 Å². The second-order valence-electron chi connectivity index (χ2n) is 5.10. The molecule has 4 nitrogen and oxygen atoms in total. The maximum absolute atomic E-state index is 11.7. The highest BCUT2D eigenvalue weighted by Gasteiger charge is 2.03. The lowest BCUT2D eigenvalue weighted by atomic mass is 10.2. The molecule has 6 heteroatoms. The monoisotopic (exact) mass is 350 g/mol. The van der Waals surface area contributed by atoms with Crippen LogP contribution in [0.4, 0.5) is 0 Å². The summed E-state index contributed by atoms with van der Waals surface area (Å²) < 4.78 is 5.68. The number of hydrogen-bond donors (Lipinski definition) is 1. The van der Waals surface area contributed by atoms with Gasteiger partial charge in [0, 0.05) is 17.6 Å². The van der Waals surface area contributed by atoms with Gasteiger partial charge in [0.25, 0.3) is 5.56 Å². The zero-order valence-corrected chi connectivity index (χ0v) is 15.1. The molecule has 0 amide bonds. The first-order valence-electron chi connectivity index (χ1n) is 7.67. The third-order valence-corrected chi connectivity index (χ3v) is 5.02. The summed E-state index contributed by atoms with van der Waals surface area (Å²) in [4.78, 5) is 18.9. The maximum atomic E-state index is 11.7. The average molecular weight is 351 g/mol. The van der Waals surface area contributed by atoms with E-state index in [1.165, 1.54) is 17.3 Å². The molecular weight excluding hydrogens is 328 g/mol. The van der Waals surface area contributed by atoms with Crippen LogP contribution in [0.5, 0.6) is 5.75 Å². The van der Waals surface area contributed by atoms with Gasteiger partial charge in [0.2, 0.25) is 0 Å². The molecular formula is C17H22N2O2S2. The molecule has 23 heavy (non-hydrogen) atoms. The van der Waals surface area contributed by atoms with E-state index in [0.717, 1.165) is 35.1 Å². The number of nitrogens with one attached hydrogen (secondary N) is 1. The number of aromatic amines is 1. The summed E-state index contributed by atoms with van der Waals surface area (Å²) in [5.74, 6) is 3.47. The second kappa shape index (κ2) is 9.67. The molecule has 1 aromatic heterocycles. The van der Waals surface area contributed by atoms with Crippen LogP contribution in [-0.2, 0) is 5.75 Å². The molecule has 1 aromatic carbocycles. The van der Waals surface area contributed by atoms with Crippen LogP contribution in [0.1, 0.15) is 24.6 Å². The maximum Gasteiger partial charge on any atom is 0.251 e. The molecule has 0 radical (unpaired) electrons. The number of nitrogens with zero attached hydrogens (tertiary/aromatic N) is 1. The SMILES string of the molecule is CCCSCc1cc(=O)[nH]c(SCCOc2ccc(C)cc2)n1. The molecule has 0 aliphatic heterocycles. The van der Waals surface area contributed by atoms with Gasteiger partial charge in [0.1, 0.15) is 5.75 Å². The molecule has 0 bridgehead atoms. The summed E-state index contributed by atoms with van der Waals surface area (Å²) in [6.07, 6.45) is 1.13. The molecule has 0 saturated heterocycles. The largest absolute Gasteiger partial charge is 0.493 e. The van der Waals surface area contributed by atoms with Crippen LogP contribution >= 0.6 is 23.5 Å². The van der Waals surface area contributed by atoms with E-state index in [4.69, 9.17) is 4.74 Å². The zero-order valence-electron chi connectivity index (χ0n) is 13.5. The summed E-state index contributed by atoms with van der Waals surface area (Å²) in [6, 6.07) is 9.56. The van der Waals surface area contributed by atoms with Crippen LogP contribution < -0.4 is 10.3 Å². The molecule has 0 aliphatic carbocycles. The lowest BCUT2D eigenvalue weighted by Crippen LogP contribution is -2.10. The van der Waals surface area contributed by atoms with Crippen molar-refractivity contribution in [1.82, 2.24) is 9.97 Å². The number of hydrogen-bond acceptors (Lipinski definition) is 5. The lowest BCUT2D eigenvalue weighted by molar-refractivity contribution is 0.344. The molecule has 0 atom stereocenters. The first-order valence-corrected chi connectivity index (χ1v) is 9.81. The highest BCUT2D eigenvalue weighted by molar-refractivity contribution is 7.99. The van der Waals surface area contributed by atoms with Crippen molar-refractivity contribution < 1.29 is 4.74 Å². The fourth-order valence-electron chi connectivity index (χ4n) is 1.88. The summed E-state index contributed by atoms with van der Waals surface area (Å²) in [5.41, 5.74) is 1.97. The summed E-state index contributed by atoms with van der Waals surface area (Å²) >= 11 is 3.31. The molecule has 2 rings (SSSR count). The Bertz CT molecular complexity index is 656. The van der Waals surface area contributed by atoms with Crippen LogP contribution in [0.2, 0.25) is 0 Å². The predicted molar refractivity (Wildman–Crippen MR) is 98.7 cm³/mol. The van der Waals surface area contributed by atoms with Crippen LogP contribution in [-0.4, -0.2) is 28.1 Å². The van der Waals surface area contributed by atoms with E-state index in [1.54, 1.807) is 17.8 Å². The van der Waals surface area contributed by atoms with Gasteiger partial charge in [-0.05, 0) is 31.2 Å². The minimum absolute atomic E-state index is 0.0888. The molecule has 0 saturated carbocycles. The second-order valence-corrected chi connectivity index (χ2v) is 7.29. The Labute approximate surface area is 145 Å². The first-order chi connectivity index (χ1) is 11.2. The fraction of sp³-hybridized carbons (Fsp3) is 0.412. The van der Waals surface area contributed by atoms with Crippen LogP contribution in [0.25, 0.3) is 0 Å². The van der Waals surface area contributed by atoms with Crippen molar-refractivity contribution in [3.63, 3.8) is 0 Å². The number of aromatic nitrogens is 2. The summed E-state index contributed by atoms with van der Waals surface area (Å²) in [6.45, 7) is 4.77. The Morgan fingerprint density at radius 2 is 2.00 bits per heavy atom. The Hall–Kier alpha value is -1.40. The van der Waals surface area contributed by atoms with E-state index in [1.807, 2.05) is 31.2 Å². The number of ether oxygens (including phenoxy) is 1. The number of benzene rings is 1. The molecule has 0 unspecified atom stereocenters. The summed E-state index contributed by atoms with van der Waals surface area (Å²) in [5, 5.41) is 0.664. The molecule has 0 spiro atoms. The van der Waals surface area contributed by atoms with Gasteiger partial charge < -0.3 is 9.72 Å². The van der Waals surface area contributed by atoms with E-state index in [9.17, 15) is 4.79 Å². The van der Waals surface area contributed by atoms with Crippen LogP contribution in [0, 0.1) is 6.92 Å². The highest BCUT2D eigenvalue weighted by Crippen LogP contribution is 2.16. The molecule has 124 valence electrons. The van der Waals surface area contributed by atoms with Crippen molar-refractivity contribution >= 4 is 23.5 Å². The van der Waals surface area contributed by atoms with Gasteiger partial charge in [-0.15, -0.1) is 0 Å². The van der Waals surface area contributed by atoms with Crippen LogP contribution in [0.3, 0.4) is 0 Å². The average Bonchev–Trinajstić information content (AvgIpc) is 2.53. The summed E-state index contributed by atoms with van der Waals surface area (Å²) in [7, 11) is 0. The number of aryl methyl sites for hydroxylation is 1. The van der Waals surface area contributed by atoms with Crippen molar-refractivity contribution in [3.05, 3.63) is 51.9 Å². The first kappa shape index (κ1) is 17.9. The standard InChI is InChI=1S/C17H22N2O2S2/c1-3-9-22-12-14-11-16(20)19-17(18-14)23-10-8-21-15-6-4-13(2)5-7-15/h4-7,11H,3,8-10,12H2,1-2H3,(H,18,19,20). The molecule has 0 fully saturated rings. The Kier molecular flexibility index (Phi) is 7.55. The zero-order chi connectivity index (χ0) is 16.5. The number of thioether (sulfide) groups is 2. The van der Waals surface area contributed by atoms with E-state index >= 15 is 0 Å². The Balaban J connectivity index is 1.80. The van der Waals surface area contributed by atoms with Gasteiger partial charge in [-0.25, -0.2) is 4.98 Å².